The van der Waals surface area contributed by atoms with Gasteiger partial charge in [0, 0.05) is 19.3 Å². The summed E-state index contributed by atoms with van der Waals surface area (Å²) in [5, 5.41) is 0. The zero-order valence-corrected chi connectivity index (χ0v) is 41.5. The van der Waals surface area contributed by atoms with Gasteiger partial charge in [-0.25, -0.2) is 0 Å². The third-order valence-corrected chi connectivity index (χ3v) is 10.9. The zero-order chi connectivity index (χ0) is 46.5. The minimum Gasteiger partial charge on any atom is -0.462 e. The van der Waals surface area contributed by atoms with E-state index < -0.39 is 6.10 Å². The van der Waals surface area contributed by atoms with Crippen LogP contribution >= 0.6 is 0 Å². The standard InChI is InChI=1S/C58H96O6/c1-4-7-10-13-16-19-22-25-28-29-30-31-34-36-39-42-45-48-51-57(60)63-54-55(64-58(61)52-49-46-43-40-37-33-27-24-21-18-15-12-9-6-3)53-62-56(59)50-47-44-41-38-35-32-26-23-20-17-14-11-8-5-2/h9,12,16,18-19,21-22,25,27-33,35,55H,4-8,10-11,13-15,17,20,23-24,26,34,36-54H2,1-3H3/b12-9-,19-16-,21-18-,25-22-,29-28-,31-30-,33-27-,35-32-. The topological polar surface area (TPSA) is 78.9 Å². The maximum atomic E-state index is 12.8. The van der Waals surface area contributed by atoms with E-state index in [4.69, 9.17) is 14.2 Å². The van der Waals surface area contributed by atoms with Crippen LogP contribution in [-0.2, 0) is 28.6 Å². The molecule has 64 heavy (non-hydrogen) atoms. The molecule has 1 unspecified atom stereocenters. The van der Waals surface area contributed by atoms with Crippen molar-refractivity contribution in [3.63, 3.8) is 0 Å². The minimum atomic E-state index is -0.806. The monoisotopic (exact) mass is 889 g/mol. The third kappa shape index (κ3) is 49.3. The van der Waals surface area contributed by atoms with Gasteiger partial charge in [0.1, 0.15) is 13.2 Å². The third-order valence-electron chi connectivity index (χ3n) is 10.9. The van der Waals surface area contributed by atoms with Crippen LogP contribution in [0.25, 0.3) is 0 Å². The number of esters is 3. The van der Waals surface area contributed by atoms with Gasteiger partial charge in [-0.15, -0.1) is 0 Å². The van der Waals surface area contributed by atoms with Gasteiger partial charge in [-0.3, -0.25) is 14.4 Å². The molecule has 0 N–H and O–H groups in total. The van der Waals surface area contributed by atoms with Crippen molar-refractivity contribution in [2.45, 2.75) is 239 Å². The van der Waals surface area contributed by atoms with Crippen LogP contribution < -0.4 is 0 Å². The van der Waals surface area contributed by atoms with Crippen molar-refractivity contribution >= 4 is 17.9 Å². The van der Waals surface area contributed by atoms with Gasteiger partial charge in [0.2, 0.25) is 0 Å². The first-order chi connectivity index (χ1) is 31.5. The van der Waals surface area contributed by atoms with Crippen LogP contribution in [0.4, 0.5) is 0 Å². The largest absolute Gasteiger partial charge is 0.462 e. The predicted octanol–water partition coefficient (Wildman–Crippen LogP) is 17.4. The van der Waals surface area contributed by atoms with E-state index >= 15 is 0 Å². The maximum Gasteiger partial charge on any atom is 0.306 e. The number of unbranched alkanes of at least 4 members (excludes halogenated alkanes) is 22. The first kappa shape index (κ1) is 60.3. The highest BCUT2D eigenvalue weighted by Crippen LogP contribution is 2.13. The lowest BCUT2D eigenvalue weighted by molar-refractivity contribution is -0.167. The molecule has 1 atom stereocenters. The van der Waals surface area contributed by atoms with Gasteiger partial charge in [-0.2, -0.15) is 0 Å². The van der Waals surface area contributed by atoms with Crippen LogP contribution in [0.3, 0.4) is 0 Å². The van der Waals surface area contributed by atoms with Gasteiger partial charge in [0.15, 0.2) is 6.10 Å². The highest BCUT2D eigenvalue weighted by molar-refractivity contribution is 5.71. The fourth-order valence-corrected chi connectivity index (χ4v) is 6.93. The summed E-state index contributed by atoms with van der Waals surface area (Å²) in [4.78, 5) is 38.0. The predicted molar refractivity (Wildman–Crippen MR) is 274 cm³/mol. The number of hydrogen-bond acceptors (Lipinski definition) is 6. The molecule has 6 nitrogen and oxygen atoms in total. The quantitative estimate of drug-likeness (QED) is 0.0199. The molecule has 0 rings (SSSR count). The van der Waals surface area contributed by atoms with Crippen LogP contribution in [0.1, 0.15) is 233 Å². The van der Waals surface area contributed by atoms with E-state index in [0.717, 1.165) is 128 Å². The molecule has 0 saturated heterocycles. The van der Waals surface area contributed by atoms with Gasteiger partial charge in [0.05, 0.1) is 0 Å². The van der Waals surface area contributed by atoms with Crippen molar-refractivity contribution in [3.8, 4) is 0 Å². The Balaban J connectivity index is 4.50. The molecule has 0 fully saturated rings. The van der Waals surface area contributed by atoms with Crippen molar-refractivity contribution in [3.05, 3.63) is 97.2 Å². The number of carbonyl (C=O) groups excluding carboxylic acids is 3. The molecule has 0 aliphatic carbocycles. The number of ether oxygens (including phenoxy) is 3. The molecular weight excluding hydrogens is 793 g/mol. The van der Waals surface area contributed by atoms with Crippen LogP contribution in [0.2, 0.25) is 0 Å². The summed E-state index contributed by atoms with van der Waals surface area (Å²) in [5.74, 6) is -0.966. The van der Waals surface area contributed by atoms with E-state index in [-0.39, 0.29) is 31.1 Å². The first-order valence-electron chi connectivity index (χ1n) is 26.3. The van der Waals surface area contributed by atoms with Crippen molar-refractivity contribution in [2.24, 2.45) is 0 Å². The lowest BCUT2D eigenvalue weighted by Gasteiger charge is -2.18. The lowest BCUT2D eigenvalue weighted by Crippen LogP contribution is -2.30. The summed E-state index contributed by atoms with van der Waals surface area (Å²) in [5.41, 5.74) is 0. The van der Waals surface area contributed by atoms with Crippen molar-refractivity contribution < 1.29 is 28.6 Å². The molecule has 0 aromatic carbocycles. The molecule has 0 heterocycles. The molecule has 0 amide bonds. The van der Waals surface area contributed by atoms with Crippen molar-refractivity contribution in [2.75, 3.05) is 13.2 Å². The summed E-state index contributed by atoms with van der Waals surface area (Å²) >= 11 is 0. The second kappa shape index (κ2) is 52.0. The molecular formula is C58H96O6. The zero-order valence-electron chi connectivity index (χ0n) is 41.5. The van der Waals surface area contributed by atoms with Gasteiger partial charge in [0.25, 0.3) is 0 Å². The van der Waals surface area contributed by atoms with Crippen LogP contribution in [0.5, 0.6) is 0 Å². The summed E-state index contributed by atoms with van der Waals surface area (Å²) in [7, 11) is 0. The molecule has 0 aliphatic rings. The van der Waals surface area contributed by atoms with Gasteiger partial charge < -0.3 is 14.2 Å². The molecule has 0 aromatic rings. The van der Waals surface area contributed by atoms with Gasteiger partial charge >= 0.3 is 17.9 Å². The van der Waals surface area contributed by atoms with E-state index in [0.29, 0.717) is 19.3 Å². The highest BCUT2D eigenvalue weighted by Gasteiger charge is 2.19. The average Bonchev–Trinajstić information content (AvgIpc) is 3.29. The Morgan fingerprint density at radius 1 is 0.344 bits per heavy atom. The van der Waals surface area contributed by atoms with Gasteiger partial charge in [-0.05, 0) is 103 Å². The number of rotatable bonds is 46. The Morgan fingerprint density at radius 2 is 0.672 bits per heavy atom. The Bertz CT molecular complexity index is 1300. The summed E-state index contributed by atoms with van der Waals surface area (Å²) in [6.45, 7) is 6.42. The smallest absolute Gasteiger partial charge is 0.306 e. The van der Waals surface area contributed by atoms with Crippen LogP contribution in [0.15, 0.2) is 97.2 Å². The number of allylic oxidation sites excluding steroid dienone is 16. The Hall–Kier alpha value is -3.67. The van der Waals surface area contributed by atoms with E-state index in [1.165, 1.54) is 64.2 Å². The number of hydrogen-bond donors (Lipinski definition) is 0. The molecule has 0 aromatic heterocycles. The van der Waals surface area contributed by atoms with E-state index in [1.54, 1.807) is 0 Å². The van der Waals surface area contributed by atoms with Gasteiger partial charge in [-0.1, -0.05) is 208 Å². The van der Waals surface area contributed by atoms with Crippen molar-refractivity contribution in [1.29, 1.82) is 0 Å². The van der Waals surface area contributed by atoms with E-state index in [9.17, 15) is 14.4 Å². The van der Waals surface area contributed by atoms with E-state index in [2.05, 4.69) is 118 Å². The Labute approximate surface area is 394 Å². The molecule has 0 spiro atoms. The van der Waals surface area contributed by atoms with E-state index in [1.807, 2.05) is 0 Å². The second-order valence-corrected chi connectivity index (χ2v) is 17.1. The normalized spacial score (nSPS) is 12.9. The van der Waals surface area contributed by atoms with Crippen molar-refractivity contribution in [1.82, 2.24) is 0 Å². The average molecular weight is 889 g/mol. The Morgan fingerprint density at radius 3 is 1.16 bits per heavy atom. The molecule has 6 heteroatoms. The molecule has 0 aliphatic heterocycles. The second-order valence-electron chi connectivity index (χ2n) is 17.1. The van der Waals surface area contributed by atoms with Crippen LogP contribution in [-0.4, -0.2) is 37.2 Å². The summed E-state index contributed by atoms with van der Waals surface area (Å²) in [6.07, 6.45) is 68.1. The number of carbonyl (C=O) groups is 3. The van der Waals surface area contributed by atoms with Crippen LogP contribution in [0, 0.1) is 0 Å². The first-order valence-corrected chi connectivity index (χ1v) is 26.3. The molecule has 0 bridgehead atoms. The molecule has 0 radical (unpaired) electrons. The minimum absolute atomic E-state index is 0.104. The maximum absolute atomic E-state index is 12.8. The fourth-order valence-electron chi connectivity index (χ4n) is 6.93. The lowest BCUT2D eigenvalue weighted by atomic mass is 10.1. The fraction of sp³-hybridized carbons (Fsp3) is 0.672. The SMILES string of the molecule is CC/C=C\C/C=C\C/C=C\CCCCCCC(=O)OC(COC(=O)CCCCC/C=C\CCCCCCCCC)COC(=O)CCCCCCC\C=C/C=C\C=C/C=C\CCCCC. The summed E-state index contributed by atoms with van der Waals surface area (Å²) in [6, 6.07) is 0. The summed E-state index contributed by atoms with van der Waals surface area (Å²) < 4.78 is 16.8. The highest BCUT2D eigenvalue weighted by atomic mass is 16.6. The molecule has 364 valence electrons. The molecule has 0 saturated carbocycles. The Kier molecular flexibility index (Phi) is 49.0.